The number of nitrogens with zero attached hydrogens (tertiary/aromatic N) is 1. The SMILES string of the molecule is BC(B)(B)Oc1c(Oc2ccc(OC(F)(F)F)c(NC)c2C(=O)Nc2ccnc(C(=O)NC)c2)ccc(OC(F)(F)F)c1F. The molecule has 0 fully saturated rings. The first kappa shape index (κ1) is 33.7. The first-order valence-electron chi connectivity index (χ1n) is 12.4. The molecule has 232 valence electrons. The van der Waals surface area contributed by atoms with Gasteiger partial charge in [0.1, 0.15) is 40.5 Å². The van der Waals surface area contributed by atoms with Gasteiger partial charge in [0.2, 0.25) is 5.82 Å². The van der Waals surface area contributed by atoms with Gasteiger partial charge in [-0.3, -0.25) is 14.6 Å². The van der Waals surface area contributed by atoms with Crippen molar-refractivity contribution in [3.63, 3.8) is 0 Å². The molecule has 0 saturated carbocycles. The van der Waals surface area contributed by atoms with E-state index in [0.29, 0.717) is 6.07 Å². The van der Waals surface area contributed by atoms with Gasteiger partial charge in [-0.15, -0.1) is 26.3 Å². The standard InChI is InChI=1S/C24H22B3F7N4O6/c1-35-18-14(43-24(32,33)34)5-3-12(16(18)21(40)38-10-7-8-37-11(9-10)20(39)36-2)41-15-6-4-13(42-23(29,30)31)17(28)19(15)44-22(25,26)27/h3-9,35H,25-27H2,1-2H3,(H,36,39)(H,37,38,40). The molecular weight excluding hydrogens is 606 g/mol. The van der Waals surface area contributed by atoms with E-state index in [1.54, 1.807) is 0 Å². The minimum absolute atomic E-state index is 0.00445. The molecule has 44 heavy (non-hydrogen) atoms. The van der Waals surface area contributed by atoms with Crippen molar-refractivity contribution in [2.45, 2.75) is 18.0 Å². The molecule has 0 radical (unpaired) electrons. The van der Waals surface area contributed by atoms with Crippen molar-refractivity contribution in [2.24, 2.45) is 0 Å². The summed E-state index contributed by atoms with van der Waals surface area (Å²) in [6, 6.07) is 5.58. The van der Waals surface area contributed by atoms with E-state index >= 15 is 4.39 Å². The van der Waals surface area contributed by atoms with Crippen LogP contribution in [0.2, 0.25) is 0 Å². The van der Waals surface area contributed by atoms with E-state index in [1.165, 1.54) is 56.0 Å². The third kappa shape index (κ3) is 8.87. The summed E-state index contributed by atoms with van der Waals surface area (Å²) in [6.45, 7) is 0. The van der Waals surface area contributed by atoms with Crippen LogP contribution in [0.3, 0.4) is 0 Å². The van der Waals surface area contributed by atoms with Gasteiger partial charge in [-0.2, -0.15) is 4.39 Å². The molecule has 10 nitrogen and oxygen atoms in total. The Balaban J connectivity index is 2.18. The number of hydrogen-bond donors (Lipinski definition) is 3. The molecule has 3 rings (SSSR count). The van der Waals surface area contributed by atoms with Crippen LogP contribution >= 0.6 is 0 Å². The van der Waals surface area contributed by atoms with E-state index in [9.17, 15) is 35.9 Å². The van der Waals surface area contributed by atoms with Crippen LogP contribution in [-0.4, -0.2) is 72.5 Å². The highest BCUT2D eigenvalue weighted by Crippen LogP contribution is 2.44. The fraction of sp³-hybridized carbons (Fsp3) is 0.208. The monoisotopic (exact) mass is 628 g/mol. The van der Waals surface area contributed by atoms with Gasteiger partial charge in [-0.1, -0.05) is 0 Å². The van der Waals surface area contributed by atoms with Crippen LogP contribution < -0.4 is 34.9 Å². The first-order valence-corrected chi connectivity index (χ1v) is 12.4. The van der Waals surface area contributed by atoms with Crippen LogP contribution in [0, 0.1) is 5.82 Å². The van der Waals surface area contributed by atoms with Gasteiger partial charge in [0, 0.05) is 31.3 Å². The number of amides is 2. The zero-order chi connectivity index (χ0) is 33.0. The minimum atomic E-state index is -5.26. The number of rotatable bonds is 10. The maximum atomic E-state index is 15.3. The van der Waals surface area contributed by atoms with Crippen molar-refractivity contribution in [1.82, 2.24) is 10.3 Å². The normalized spacial score (nSPS) is 11.8. The minimum Gasteiger partial charge on any atom is -0.508 e. The van der Waals surface area contributed by atoms with Gasteiger partial charge >= 0.3 is 12.7 Å². The molecule has 0 atom stereocenters. The number of aromatic nitrogens is 1. The lowest BCUT2D eigenvalue weighted by atomic mass is 9.52. The summed E-state index contributed by atoms with van der Waals surface area (Å²) in [4.78, 5) is 29.3. The number of carbonyl (C=O) groups excluding carboxylic acids is 2. The van der Waals surface area contributed by atoms with Gasteiger partial charge in [0.05, 0.1) is 5.69 Å². The molecule has 3 N–H and O–H groups in total. The molecule has 20 heteroatoms. The average Bonchev–Trinajstić information content (AvgIpc) is 2.90. The highest BCUT2D eigenvalue weighted by Gasteiger charge is 2.36. The van der Waals surface area contributed by atoms with E-state index in [2.05, 4.69) is 30.4 Å². The largest absolute Gasteiger partial charge is 0.573 e. The van der Waals surface area contributed by atoms with E-state index < -0.39 is 75.7 Å². The van der Waals surface area contributed by atoms with Crippen molar-refractivity contribution in [2.75, 3.05) is 24.7 Å². The van der Waals surface area contributed by atoms with E-state index in [0.717, 1.165) is 18.2 Å². The summed E-state index contributed by atoms with van der Waals surface area (Å²) < 4.78 is 112. The van der Waals surface area contributed by atoms with Crippen molar-refractivity contribution in [3.8, 4) is 28.7 Å². The van der Waals surface area contributed by atoms with Crippen LogP contribution in [0.25, 0.3) is 0 Å². The molecule has 3 aromatic rings. The molecular formula is C24H22B3F7N4O6. The van der Waals surface area contributed by atoms with E-state index in [1.807, 2.05) is 0 Å². The molecule has 2 aromatic carbocycles. The fourth-order valence-electron chi connectivity index (χ4n) is 3.61. The Hall–Kier alpha value is -4.77. The number of nitrogens with one attached hydrogen (secondary N) is 3. The second-order valence-electron chi connectivity index (χ2n) is 9.64. The molecule has 0 aliphatic heterocycles. The Morgan fingerprint density at radius 2 is 1.36 bits per heavy atom. The van der Waals surface area contributed by atoms with Crippen molar-refractivity contribution in [1.29, 1.82) is 0 Å². The summed E-state index contributed by atoms with van der Waals surface area (Å²) in [5.74, 6) is -7.32. The summed E-state index contributed by atoms with van der Waals surface area (Å²) in [5.41, 5.74) is -1.25. The molecule has 0 saturated heterocycles. The Morgan fingerprint density at radius 3 is 1.93 bits per heavy atom. The van der Waals surface area contributed by atoms with Crippen molar-refractivity contribution < 1.29 is 59.3 Å². The molecule has 0 spiro atoms. The fourth-order valence-corrected chi connectivity index (χ4v) is 3.61. The number of hydrogen-bond acceptors (Lipinski definition) is 8. The molecule has 0 bridgehead atoms. The lowest BCUT2D eigenvalue weighted by molar-refractivity contribution is -0.276. The number of carbonyl (C=O) groups is 2. The van der Waals surface area contributed by atoms with Crippen LogP contribution in [0.1, 0.15) is 20.8 Å². The molecule has 2 amide bonds. The Labute approximate surface area is 247 Å². The van der Waals surface area contributed by atoms with Crippen LogP contribution in [0.5, 0.6) is 28.7 Å². The quantitative estimate of drug-likeness (QED) is 0.232. The van der Waals surface area contributed by atoms with Gasteiger partial charge in [-0.25, -0.2) is 0 Å². The highest BCUT2D eigenvalue weighted by atomic mass is 19.4. The number of alkyl halides is 6. The summed E-state index contributed by atoms with van der Waals surface area (Å²) >= 11 is 0. The predicted octanol–water partition coefficient (Wildman–Crippen LogP) is 2.35. The second kappa shape index (κ2) is 12.8. The van der Waals surface area contributed by atoms with Gasteiger partial charge in [-0.05, 0) is 36.4 Å². The lowest BCUT2D eigenvalue weighted by Crippen LogP contribution is -2.38. The predicted molar refractivity (Wildman–Crippen MR) is 150 cm³/mol. The van der Waals surface area contributed by atoms with Crippen molar-refractivity contribution >= 4 is 46.7 Å². The number of anilines is 2. The maximum Gasteiger partial charge on any atom is 0.573 e. The third-order valence-corrected chi connectivity index (χ3v) is 5.19. The zero-order valence-electron chi connectivity index (χ0n) is 23.6. The second-order valence-corrected chi connectivity index (χ2v) is 9.64. The van der Waals surface area contributed by atoms with Crippen molar-refractivity contribution in [3.05, 3.63) is 59.7 Å². The maximum absolute atomic E-state index is 15.3. The highest BCUT2D eigenvalue weighted by molar-refractivity contribution is 6.58. The number of benzene rings is 2. The van der Waals surface area contributed by atoms with Gasteiger partial charge in [0.15, 0.2) is 23.0 Å². The summed E-state index contributed by atoms with van der Waals surface area (Å²) in [7, 11) is 6.88. The summed E-state index contributed by atoms with van der Waals surface area (Å²) in [5, 5.41) is 5.97. The van der Waals surface area contributed by atoms with Crippen LogP contribution in [-0.2, 0) is 0 Å². The molecule has 1 heterocycles. The first-order chi connectivity index (χ1) is 20.3. The Kier molecular flexibility index (Phi) is 9.85. The molecule has 0 aliphatic carbocycles. The summed E-state index contributed by atoms with van der Waals surface area (Å²) in [6.07, 6.45) is -9.25. The topological polar surface area (TPSA) is 120 Å². The molecule has 0 aliphatic rings. The van der Waals surface area contributed by atoms with E-state index in [-0.39, 0.29) is 11.4 Å². The lowest BCUT2D eigenvalue weighted by Gasteiger charge is -2.25. The number of pyridine rings is 1. The van der Waals surface area contributed by atoms with Gasteiger partial charge in [0.25, 0.3) is 11.8 Å². The number of halogens is 7. The smallest absolute Gasteiger partial charge is 0.508 e. The number of ether oxygens (including phenoxy) is 4. The third-order valence-electron chi connectivity index (χ3n) is 5.19. The molecule has 1 aromatic heterocycles. The van der Waals surface area contributed by atoms with Crippen LogP contribution in [0.4, 0.5) is 42.1 Å². The van der Waals surface area contributed by atoms with Gasteiger partial charge < -0.3 is 34.9 Å². The Morgan fingerprint density at radius 1 is 0.795 bits per heavy atom. The van der Waals surface area contributed by atoms with E-state index in [4.69, 9.17) is 9.47 Å². The average molecular weight is 628 g/mol. The Bertz CT molecular complexity index is 1550. The van der Waals surface area contributed by atoms with Crippen LogP contribution in [0.15, 0.2) is 42.6 Å². The molecule has 0 unspecified atom stereocenters. The zero-order valence-corrected chi connectivity index (χ0v) is 23.6.